The van der Waals surface area contributed by atoms with E-state index in [0.29, 0.717) is 37.0 Å². The minimum Gasteiger partial charge on any atom is -0.463 e. The van der Waals surface area contributed by atoms with Gasteiger partial charge in [-0.05, 0) is 68.8 Å². The average Bonchev–Trinajstić information content (AvgIpc) is 3.25. The summed E-state index contributed by atoms with van der Waals surface area (Å²) in [4.78, 5) is 31.6. The maximum Gasteiger partial charge on any atom is 0.338 e. The predicted octanol–water partition coefficient (Wildman–Crippen LogP) is 5.04. The van der Waals surface area contributed by atoms with E-state index >= 15 is 0 Å². The quantitative estimate of drug-likeness (QED) is 0.389. The highest BCUT2D eigenvalue weighted by atomic mass is 79.9. The number of ether oxygens (including phenoxy) is 1. The number of thiazole rings is 1. The van der Waals surface area contributed by atoms with Crippen molar-refractivity contribution in [3.8, 4) is 0 Å². The fourth-order valence-corrected chi connectivity index (χ4v) is 5.37. The molecule has 0 N–H and O–H groups in total. The topological polar surface area (TPSA) is 73.8 Å². The SMILES string of the molecule is CCOC(=O)C1=C(C)N=c2s/c(=C/c3cc(Br)c(Br)o3)c(=O)n2C1c1ccc(C(C)C)cc1. The molecule has 0 spiro atoms. The number of fused-ring (bicyclic) bond motifs is 1. The van der Waals surface area contributed by atoms with Crippen LogP contribution < -0.4 is 14.9 Å². The smallest absolute Gasteiger partial charge is 0.338 e. The predicted molar refractivity (Wildman–Crippen MR) is 135 cm³/mol. The zero-order chi connectivity index (χ0) is 23.9. The number of nitrogens with zero attached hydrogens (tertiary/aromatic N) is 2. The van der Waals surface area contributed by atoms with Crippen LogP contribution in [-0.4, -0.2) is 17.1 Å². The van der Waals surface area contributed by atoms with Gasteiger partial charge in [0.1, 0.15) is 5.76 Å². The van der Waals surface area contributed by atoms with Gasteiger partial charge in [-0.3, -0.25) is 9.36 Å². The number of esters is 1. The highest BCUT2D eigenvalue weighted by molar-refractivity contribution is 9.13. The Kier molecular flexibility index (Phi) is 6.93. The Balaban J connectivity index is 1.93. The third-order valence-electron chi connectivity index (χ3n) is 5.37. The first-order valence-electron chi connectivity index (χ1n) is 10.5. The van der Waals surface area contributed by atoms with E-state index in [9.17, 15) is 9.59 Å². The largest absolute Gasteiger partial charge is 0.463 e. The van der Waals surface area contributed by atoms with E-state index < -0.39 is 12.0 Å². The van der Waals surface area contributed by atoms with Gasteiger partial charge in [-0.15, -0.1) is 0 Å². The van der Waals surface area contributed by atoms with Gasteiger partial charge in [0, 0.05) is 6.08 Å². The third-order valence-corrected chi connectivity index (χ3v) is 8.07. The average molecular weight is 594 g/mol. The van der Waals surface area contributed by atoms with Gasteiger partial charge >= 0.3 is 5.97 Å². The van der Waals surface area contributed by atoms with Crippen LogP contribution in [0.5, 0.6) is 0 Å². The molecule has 1 aliphatic heterocycles. The number of rotatable bonds is 5. The number of aromatic nitrogens is 1. The molecule has 172 valence electrons. The van der Waals surface area contributed by atoms with Gasteiger partial charge in [-0.1, -0.05) is 49.4 Å². The van der Waals surface area contributed by atoms with E-state index in [1.54, 1.807) is 30.6 Å². The summed E-state index contributed by atoms with van der Waals surface area (Å²) >= 11 is 7.97. The molecular weight excluding hydrogens is 572 g/mol. The summed E-state index contributed by atoms with van der Waals surface area (Å²) < 4.78 is 14.3. The molecule has 6 nitrogen and oxygen atoms in total. The van der Waals surface area contributed by atoms with Crippen molar-refractivity contribution >= 4 is 55.2 Å². The molecule has 4 rings (SSSR count). The molecule has 2 aromatic heterocycles. The minimum atomic E-state index is -0.626. The molecule has 0 radical (unpaired) electrons. The Morgan fingerprint density at radius 3 is 2.58 bits per heavy atom. The number of hydrogen-bond acceptors (Lipinski definition) is 6. The lowest BCUT2D eigenvalue weighted by Gasteiger charge is -2.25. The Bertz CT molecular complexity index is 1410. The lowest BCUT2D eigenvalue weighted by atomic mass is 9.93. The lowest BCUT2D eigenvalue weighted by molar-refractivity contribution is -0.139. The first-order chi connectivity index (χ1) is 15.7. The van der Waals surface area contributed by atoms with Crippen LogP contribution in [0, 0.1) is 0 Å². The first kappa shape index (κ1) is 23.9. The molecule has 0 fully saturated rings. The maximum absolute atomic E-state index is 13.5. The molecule has 0 saturated heterocycles. The molecular formula is C24H22Br2N2O4S. The second kappa shape index (κ2) is 9.56. The van der Waals surface area contributed by atoms with Crippen molar-refractivity contribution in [3.63, 3.8) is 0 Å². The molecule has 3 heterocycles. The highest BCUT2D eigenvalue weighted by Crippen LogP contribution is 2.32. The number of carbonyl (C=O) groups is 1. The van der Waals surface area contributed by atoms with E-state index in [4.69, 9.17) is 9.15 Å². The van der Waals surface area contributed by atoms with Crippen molar-refractivity contribution in [1.29, 1.82) is 0 Å². The Labute approximate surface area is 211 Å². The fourth-order valence-electron chi connectivity index (χ4n) is 3.73. The molecule has 0 amide bonds. The van der Waals surface area contributed by atoms with Gasteiger partial charge in [-0.25, -0.2) is 9.79 Å². The summed E-state index contributed by atoms with van der Waals surface area (Å²) in [6.45, 7) is 8.02. The zero-order valence-corrected chi connectivity index (χ0v) is 22.5. The highest BCUT2D eigenvalue weighted by Gasteiger charge is 2.33. The van der Waals surface area contributed by atoms with Gasteiger partial charge in [-0.2, -0.15) is 0 Å². The zero-order valence-electron chi connectivity index (χ0n) is 18.5. The number of halogens is 2. The number of benzene rings is 1. The third kappa shape index (κ3) is 4.58. The fraction of sp³-hybridized carbons (Fsp3) is 0.292. The van der Waals surface area contributed by atoms with E-state index in [0.717, 1.165) is 10.0 Å². The minimum absolute atomic E-state index is 0.237. The summed E-state index contributed by atoms with van der Waals surface area (Å²) in [5.41, 5.74) is 2.68. The number of furan rings is 1. The molecule has 3 aromatic rings. The van der Waals surface area contributed by atoms with Crippen molar-refractivity contribution < 1.29 is 13.9 Å². The Morgan fingerprint density at radius 2 is 2.00 bits per heavy atom. The van der Waals surface area contributed by atoms with E-state index in [2.05, 4.69) is 50.7 Å². The lowest BCUT2D eigenvalue weighted by Crippen LogP contribution is -2.39. The Hall–Kier alpha value is -2.23. The number of carbonyl (C=O) groups excluding carboxylic acids is 1. The van der Waals surface area contributed by atoms with Crippen molar-refractivity contribution in [3.05, 3.63) is 87.3 Å². The standard InChI is InChI=1S/C24H22Br2N2O4S/c1-5-31-23(30)19-13(4)27-24-28(20(19)15-8-6-14(7-9-15)12(2)3)22(29)18(33-24)11-16-10-17(25)21(26)32-16/h6-12,20H,5H2,1-4H3/b18-11+. The first-order valence-corrected chi connectivity index (χ1v) is 12.9. The summed E-state index contributed by atoms with van der Waals surface area (Å²) in [6, 6.07) is 9.15. The van der Waals surface area contributed by atoms with Crippen LogP contribution in [0.4, 0.5) is 0 Å². The summed E-state index contributed by atoms with van der Waals surface area (Å²) in [7, 11) is 0. The van der Waals surface area contributed by atoms with Crippen LogP contribution in [0.25, 0.3) is 6.08 Å². The van der Waals surface area contributed by atoms with Crippen molar-refractivity contribution in [1.82, 2.24) is 4.57 Å². The van der Waals surface area contributed by atoms with Gasteiger partial charge in [0.05, 0.1) is 32.9 Å². The van der Waals surface area contributed by atoms with Gasteiger partial charge in [0.2, 0.25) is 0 Å². The molecule has 1 unspecified atom stereocenters. The molecule has 1 aliphatic rings. The van der Waals surface area contributed by atoms with Crippen LogP contribution >= 0.6 is 43.2 Å². The number of hydrogen-bond donors (Lipinski definition) is 0. The van der Waals surface area contributed by atoms with Crippen molar-refractivity contribution in [2.45, 2.75) is 39.7 Å². The van der Waals surface area contributed by atoms with Crippen molar-refractivity contribution in [2.24, 2.45) is 4.99 Å². The molecule has 0 aliphatic carbocycles. The number of allylic oxidation sites excluding steroid dienone is 1. The van der Waals surface area contributed by atoms with E-state index in [1.807, 2.05) is 24.3 Å². The van der Waals surface area contributed by atoms with Crippen LogP contribution in [0.3, 0.4) is 0 Å². The van der Waals surface area contributed by atoms with Crippen molar-refractivity contribution in [2.75, 3.05) is 6.61 Å². The van der Waals surface area contributed by atoms with Gasteiger partial charge in [0.25, 0.3) is 5.56 Å². The molecule has 9 heteroatoms. The molecule has 0 saturated carbocycles. The van der Waals surface area contributed by atoms with E-state index in [-0.39, 0.29) is 12.2 Å². The normalized spacial score (nSPS) is 16.2. The van der Waals surface area contributed by atoms with E-state index in [1.165, 1.54) is 16.9 Å². The Morgan fingerprint density at radius 1 is 1.30 bits per heavy atom. The second-order valence-electron chi connectivity index (χ2n) is 7.89. The van der Waals surface area contributed by atoms with Crippen LogP contribution in [-0.2, 0) is 9.53 Å². The van der Waals surface area contributed by atoms with Crippen LogP contribution in [0.15, 0.2) is 64.9 Å². The molecule has 1 atom stereocenters. The second-order valence-corrected chi connectivity index (χ2v) is 10.5. The van der Waals surface area contributed by atoms with Crippen LogP contribution in [0.2, 0.25) is 0 Å². The summed E-state index contributed by atoms with van der Waals surface area (Å²) in [5.74, 6) is 0.429. The van der Waals surface area contributed by atoms with Gasteiger partial charge in [0.15, 0.2) is 9.47 Å². The molecule has 1 aromatic carbocycles. The monoisotopic (exact) mass is 592 g/mol. The van der Waals surface area contributed by atoms with Gasteiger partial charge < -0.3 is 9.15 Å². The maximum atomic E-state index is 13.5. The summed E-state index contributed by atoms with van der Waals surface area (Å²) in [5, 5.41) is 0. The molecule has 33 heavy (non-hydrogen) atoms. The molecule has 0 bridgehead atoms. The van der Waals surface area contributed by atoms with Crippen LogP contribution in [0.1, 0.15) is 56.5 Å². The summed E-state index contributed by atoms with van der Waals surface area (Å²) in [6.07, 6.45) is 1.68.